The zero-order chi connectivity index (χ0) is 13.8. The first-order valence-corrected chi connectivity index (χ1v) is 5.93. The number of nitrogens with one attached hydrogen (secondary N) is 1. The van der Waals surface area contributed by atoms with Crippen molar-refractivity contribution in [2.75, 3.05) is 12.4 Å². The molecule has 0 aliphatic heterocycles. The van der Waals surface area contributed by atoms with Crippen LogP contribution in [0.1, 0.15) is 16.8 Å². The maximum Gasteiger partial charge on any atom is 0.131 e. The minimum Gasteiger partial charge on any atom is -0.497 e. The molecule has 1 heterocycles. The summed E-state index contributed by atoms with van der Waals surface area (Å²) in [6, 6.07) is 11.4. The van der Waals surface area contributed by atoms with E-state index in [1.54, 1.807) is 19.2 Å². The maximum atomic E-state index is 8.95. The van der Waals surface area contributed by atoms with Crippen molar-refractivity contribution in [2.45, 2.75) is 13.8 Å². The average molecular weight is 253 g/mol. The minimum atomic E-state index is 0.598. The van der Waals surface area contributed by atoms with Gasteiger partial charge in [0.2, 0.25) is 0 Å². The fraction of sp³-hybridized carbons (Fsp3) is 0.200. The molecular weight excluding hydrogens is 238 g/mol. The van der Waals surface area contributed by atoms with Crippen LogP contribution in [-0.4, -0.2) is 12.1 Å². The Kier molecular flexibility index (Phi) is 3.67. The molecule has 2 aromatic rings. The third kappa shape index (κ3) is 3.02. The van der Waals surface area contributed by atoms with Crippen molar-refractivity contribution < 1.29 is 4.74 Å². The van der Waals surface area contributed by atoms with Gasteiger partial charge in [0, 0.05) is 11.4 Å². The van der Waals surface area contributed by atoms with E-state index in [2.05, 4.69) is 16.4 Å². The van der Waals surface area contributed by atoms with Crippen molar-refractivity contribution in [3.05, 3.63) is 47.2 Å². The summed E-state index contributed by atoms with van der Waals surface area (Å²) in [4.78, 5) is 4.37. The molecule has 1 aromatic carbocycles. The second kappa shape index (κ2) is 5.40. The number of nitrogens with zero attached hydrogens (tertiary/aromatic N) is 2. The first-order chi connectivity index (χ1) is 9.12. The van der Waals surface area contributed by atoms with Crippen LogP contribution in [0.3, 0.4) is 0 Å². The molecule has 0 radical (unpaired) electrons. The monoisotopic (exact) mass is 253 g/mol. The number of methoxy groups -OCH3 is 1. The quantitative estimate of drug-likeness (QED) is 0.911. The third-order valence-corrected chi connectivity index (χ3v) is 2.78. The average Bonchev–Trinajstić information content (AvgIpc) is 2.40. The van der Waals surface area contributed by atoms with E-state index in [1.807, 2.05) is 32.0 Å². The van der Waals surface area contributed by atoms with E-state index in [4.69, 9.17) is 10.00 Å². The van der Waals surface area contributed by atoms with Crippen molar-refractivity contribution in [2.24, 2.45) is 0 Å². The van der Waals surface area contributed by atoms with Crippen LogP contribution in [0.2, 0.25) is 0 Å². The SMILES string of the molecule is COc1ccc(Nc2cc(C#N)cc(C)n2)c(C)c1. The molecule has 96 valence electrons. The first-order valence-electron chi connectivity index (χ1n) is 5.93. The van der Waals surface area contributed by atoms with Gasteiger partial charge in [0.25, 0.3) is 0 Å². The van der Waals surface area contributed by atoms with E-state index in [1.165, 1.54) is 0 Å². The summed E-state index contributed by atoms with van der Waals surface area (Å²) in [6.07, 6.45) is 0. The molecule has 0 spiro atoms. The highest BCUT2D eigenvalue weighted by molar-refractivity contribution is 5.62. The molecule has 2 rings (SSSR count). The molecule has 0 saturated carbocycles. The van der Waals surface area contributed by atoms with Crippen LogP contribution in [0.4, 0.5) is 11.5 Å². The molecule has 0 saturated heterocycles. The normalized spacial score (nSPS) is 9.79. The topological polar surface area (TPSA) is 57.9 Å². The van der Waals surface area contributed by atoms with Gasteiger partial charge in [-0.15, -0.1) is 0 Å². The zero-order valence-electron chi connectivity index (χ0n) is 11.2. The lowest BCUT2D eigenvalue weighted by molar-refractivity contribution is 0.414. The van der Waals surface area contributed by atoms with Crippen molar-refractivity contribution in [1.29, 1.82) is 5.26 Å². The maximum absolute atomic E-state index is 8.95. The van der Waals surface area contributed by atoms with Gasteiger partial charge in [0.15, 0.2) is 0 Å². The first kappa shape index (κ1) is 12.9. The van der Waals surface area contributed by atoms with Gasteiger partial charge in [-0.2, -0.15) is 5.26 Å². The van der Waals surface area contributed by atoms with E-state index < -0.39 is 0 Å². The molecule has 0 aliphatic rings. The predicted molar refractivity (Wildman–Crippen MR) is 74.7 cm³/mol. The molecule has 0 unspecified atom stereocenters. The lowest BCUT2D eigenvalue weighted by Crippen LogP contribution is -1.98. The summed E-state index contributed by atoms with van der Waals surface area (Å²) in [5.74, 6) is 1.49. The van der Waals surface area contributed by atoms with Crippen LogP contribution < -0.4 is 10.1 Å². The van der Waals surface area contributed by atoms with Crippen LogP contribution in [0, 0.1) is 25.2 Å². The van der Waals surface area contributed by atoms with Crippen molar-refractivity contribution in [3.63, 3.8) is 0 Å². The van der Waals surface area contributed by atoms with Crippen LogP contribution in [0.5, 0.6) is 5.75 Å². The number of hydrogen-bond acceptors (Lipinski definition) is 4. The molecule has 0 fully saturated rings. The Labute approximate surface area is 112 Å². The Hall–Kier alpha value is -2.54. The molecule has 0 aliphatic carbocycles. The van der Waals surface area contributed by atoms with Gasteiger partial charge < -0.3 is 10.1 Å². The van der Waals surface area contributed by atoms with Crippen molar-refractivity contribution in [1.82, 2.24) is 4.98 Å². The Balaban J connectivity index is 2.31. The summed E-state index contributed by atoms with van der Waals surface area (Å²) in [6.45, 7) is 3.86. The second-order valence-electron chi connectivity index (χ2n) is 4.30. The molecular formula is C15H15N3O. The summed E-state index contributed by atoms with van der Waals surface area (Å²) in [5, 5.41) is 12.2. The third-order valence-electron chi connectivity index (χ3n) is 2.78. The number of ether oxygens (including phenoxy) is 1. The van der Waals surface area contributed by atoms with Crippen molar-refractivity contribution >= 4 is 11.5 Å². The fourth-order valence-electron chi connectivity index (χ4n) is 1.84. The van der Waals surface area contributed by atoms with E-state index in [9.17, 15) is 0 Å². The smallest absolute Gasteiger partial charge is 0.131 e. The van der Waals surface area contributed by atoms with Gasteiger partial charge in [-0.05, 0) is 49.7 Å². The summed E-state index contributed by atoms with van der Waals surface area (Å²) >= 11 is 0. The molecule has 0 atom stereocenters. The van der Waals surface area contributed by atoms with E-state index >= 15 is 0 Å². The van der Waals surface area contributed by atoms with E-state index in [-0.39, 0.29) is 0 Å². The molecule has 0 amide bonds. The Bertz CT molecular complexity index is 644. The highest BCUT2D eigenvalue weighted by Gasteiger charge is 2.04. The van der Waals surface area contributed by atoms with Gasteiger partial charge in [-0.1, -0.05) is 0 Å². The Morgan fingerprint density at radius 2 is 2.00 bits per heavy atom. The number of benzene rings is 1. The number of aryl methyl sites for hydroxylation is 2. The Morgan fingerprint density at radius 3 is 2.63 bits per heavy atom. The number of aromatic nitrogens is 1. The van der Waals surface area contributed by atoms with Gasteiger partial charge in [0.1, 0.15) is 11.6 Å². The van der Waals surface area contributed by atoms with Gasteiger partial charge in [-0.25, -0.2) is 4.98 Å². The zero-order valence-corrected chi connectivity index (χ0v) is 11.2. The summed E-state index contributed by atoms with van der Waals surface area (Å²) in [7, 11) is 1.64. The van der Waals surface area contributed by atoms with Gasteiger partial charge >= 0.3 is 0 Å². The lowest BCUT2D eigenvalue weighted by atomic mass is 10.2. The number of anilines is 2. The largest absolute Gasteiger partial charge is 0.497 e. The standard InChI is InChI=1S/C15H15N3O/c1-10-6-13(19-3)4-5-14(10)18-15-8-12(9-16)7-11(2)17-15/h4-8H,1-3H3,(H,17,18). The molecule has 0 bridgehead atoms. The molecule has 4 nitrogen and oxygen atoms in total. The molecule has 19 heavy (non-hydrogen) atoms. The number of rotatable bonds is 3. The fourth-order valence-corrected chi connectivity index (χ4v) is 1.84. The van der Waals surface area contributed by atoms with Gasteiger partial charge in [-0.3, -0.25) is 0 Å². The number of pyridine rings is 1. The molecule has 1 aromatic heterocycles. The van der Waals surface area contributed by atoms with E-state index in [0.717, 1.165) is 22.7 Å². The van der Waals surface area contributed by atoms with Gasteiger partial charge in [0.05, 0.1) is 18.7 Å². The number of nitriles is 1. The predicted octanol–water partition coefficient (Wildman–Crippen LogP) is 3.32. The Morgan fingerprint density at radius 1 is 1.21 bits per heavy atom. The summed E-state index contributed by atoms with van der Waals surface area (Å²) < 4.78 is 5.17. The molecule has 4 heteroatoms. The van der Waals surface area contributed by atoms with Crippen LogP contribution in [0.15, 0.2) is 30.3 Å². The molecule has 1 N–H and O–H groups in total. The highest BCUT2D eigenvalue weighted by atomic mass is 16.5. The van der Waals surface area contributed by atoms with Crippen LogP contribution in [-0.2, 0) is 0 Å². The highest BCUT2D eigenvalue weighted by Crippen LogP contribution is 2.24. The summed E-state index contributed by atoms with van der Waals surface area (Å²) in [5.41, 5.74) is 3.41. The van der Waals surface area contributed by atoms with E-state index in [0.29, 0.717) is 11.4 Å². The van der Waals surface area contributed by atoms with Crippen LogP contribution in [0.25, 0.3) is 0 Å². The number of hydrogen-bond donors (Lipinski definition) is 1. The minimum absolute atomic E-state index is 0.598. The lowest BCUT2D eigenvalue weighted by Gasteiger charge is -2.11. The van der Waals surface area contributed by atoms with Crippen molar-refractivity contribution in [3.8, 4) is 11.8 Å². The van der Waals surface area contributed by atoms with Crippen LogP contribution >= 0.6 is 0 Å². The second-order valence-corrected chi connectivity index (χ2v) is 4.30.